The molecule has 3 aromatic rings. The molecule has 0 bridgehead atoms. The van der Waals surface area contributed by atoms with E-state index >= 15 is 0 Å². The van der Waals surface area contributed by atoms with Crippen LogP contribution in [0.5, 0.6) is 0 Å². The Hall–Kier alpha value is -1.88. The second-order valence-electron chi connectivity index (χ2n) is 4.96. The largest absolute Gasteiger partial charge is 0.253 e. The molecule has 0 aliphatic heterocycles. The monoisotopic (exact) mass is 282 g/mol. The van der Waals surface area contributed by atoms with Gasteiger partial charge < -0.3 is 0 Å². The molecule has 0 unspecified atom stereocenters. The zero-order valence-electron chi connectivity index (χ0n) is 10.9. The normalized spacial score (nSPS) is 18.1. The van der Waals surface area contributed by atoms with Gasteiger partial charge in [-0.15, -0.1) is 5.10 Å². The molecule has 1 aromatic carbocycles. The summed E-state index contributed by atoms with van der Waals surface area (Å²) in [5.41, 5.74) is 2.91. The number of rotatable bonds is 2. The summed E-state index contributed by atoms with van der Waals surface area (Å²) in [6, 6.07) is 10.6. The zero-order valence-corrected chi connectivity index (χ0v) is 11.8. The van der Waals surface area contributed by atoms with Gasteiger partial charge >= 0.3 is 0 Å². The number of nitrogens with zero attached hydrogens (tertiary/aromatic N) is 4. The van der Waals surface area contributed by atoms with Crippen LogP contribution in [0.3, 0.4) is 0 Å². The predicted octanol–water partition coefficient (Wildman–Crippen LogP) is 3.29. The fourth-order valence-corrected chi connectivity index (χ4v) is 3.89. The highest BCUT2D eigenvalue weighted by Crippen LogP contribution is 2.42. The predicted molar refractivity (Wildman–Crippen MR) is 78.8 cm³/mol. The Morgan fingerprint density at radius 3 is 3.10 bits per heavy atom. The number of hydrogen-bond acceptors (Lipinski definition) is 4. The number of hydrogen-bond donors (Lipinski definition) is 0. The van der Waals surface area contributed by atoms with Gasteiger partial charge in [0.2, 0.25) is 5.16 Å². The first kappa shape index (κ1) is 11.9. The van der Waals surface area contributed by atoms with Gasteiger partial charge in [0.1, 0.15) is 0 Å². The molecule has 2 aromatic heterocycles. The van der Waals surface area contributed by atoms with Crippen LogP contribution in [0.1, 0.15) is 29.2 Å². The number of thioether (sulfide) groups is 1. The number of aromatic nitrogens is 4. The molecule has 4 nitrogen and oxygen atoms in total. The molecule has 5 heteroatoms. The van der Waals surface area contributed by atoms with Gasteiger partial charge in [0.05, 0.1) is 0 Å². The lowest BCUT2D eigenvalue weighted by Gasteiger charge is -2.23. The van der Waals surface area contributed by atoms with Crippen LogP contribution in [0.2, 0.25) is 0 Å². The molecule has 0 N–H and O–H groups in total. The summed E-state index contributed by atoms with van der Waals surface area (Å²) in [4.78, 5) is 8.70. The Morgan fingerprint density at radius 2 is 2.15 bits per heavy atom. The zero-order chi connectivity index (χ0) is 13.4. The topological polar surface area (TPSA) is 43.1 Å². The summed E-state index contributed by atoms with van der Waals surface area (Å²) < 4.78 is 1.73. The van der Waals surface area contributed by atoms with Crippen molar-refractivity contribution < 1.29 is 0 Å². The molecule has 0 amide bonds. The Balaban J connectivity index is 1.66. The maximum Gasteiger partial charge on any atom is 0.253 e. The third-order valence-corrected chi connectivity index (χ3v) is 4.82. The van der Waals surface area contributed by atoms with Crippen molar-refractivity contribution in [2.45, 2.75) is 29.7 Å². The molecule has 0 spiro atoms. The fraction of sp³-hybridized carbons (Fsp3) is 0.267. The highest BCUT2D eigenvalue weighted by atomic mass is 32.2. The smallest absolute Gasteiger partial charge is 0.220 e. The Bertz CT molecular complexity index is 719. The highest BCUT2D eigenvalue weighted by molar-refractivity contribution is 7.99. The summed E-state index contributed by atoms with van der Waals surface area (Å²) in [5, 5.41) is 5.75. The van der Waals surface area contributed by atoms with Crippen LogP contribution >= 0.6 is 11.8 Å². The number of fused-ring (bicyclic) bond motifs is 2. The van der Waals surface area contributed by atoms with E-state index in [2.05, 4.69) is 39.3 Å². The maximum atomic E-state index is 4.49. The first-order valence-corrected chi connectivity index (χ1v) is 7.70. The molecular weight excluding hydrogens is 268 g/mol. The van der Waals surface area contributed by atoms with E-state index in [9.17, 15) is 0 Å². The first-order valence-electron chi connectivity index (χ1n) is 6.82. The molecular formula is C15H14N4S. The van der Waals surface area contributed by atoms with E-state index in [4.69, 9.17) is 0 Å². The number of aryl methyl sites for hydroxylation is 1. The minimum atomic E-state index is 0.456. The van der Waals surface area contributed by atoms with Crippen molar-refractivity contribution in [3.05, 3.63) is 53.9 Å². The van der Waals surface area contributed by atoms with Crippen LogP contribution in [-0.2, 0) is 6.42 Å². The van der Waals surface area contributed by atoms with Crippen LogP contribution in [0.4, 0.5) is 0 Å². The van der Waals surface area contributed by atoms with Crippen LogP contribution < -0.4 is 0 Å². The first-order chi connectivity index (χ1) is 9.90. The van der Waals surface area contributed by atoms with Crippen molar-refractivity contribution in [1.29, 1.82) is 0 Å². The van der Waals surface area contributed by atoms with Gasteiger partial charge in [0.25, 0.3) is 5.78 Å². The minimum Gasteiger partial charge on any atom is -0.220 e. The Kier molecular flexibility index (Phi) is 2.92. The van der Waals surface area contributed by atoms with Gasteiger partial charge in [-0.2, -0.15) is 4.98 Å². The summed E-state index contributed by atoms with van der Waals surface area (Å²) in [6.45, 7) is 0. The third kappa shape index (κ3) is 2.08. The van der Waals surface area contributed by atoms with Crippen LogP contribution in [0.25, 0.3) is 5.78 Å². The van der Waals surface area contributed by atoms with E-state index in [0.717, 1.165) is 5.16 Å². The van der Waals surface area contributed by atoms with Crippen molar-refractivity contribution in [2.24, 2.45) is 0 Å². The molecule has 0 saturated heterocycles. The van der Waals surface area contributed by atoms with Crippen molar-refractivity contribution in [2.75, 3.05) is 0 Å². The van der Waals surface area contributed by atoms with Crippen molar-refractivity contribution >= 4 is 17.5 Å². The minimum absolute atomic E-state index is 0.456. The van der Waals surface area contributed by atoms with Crippen molar-refractivity contribution in [1.82, 2.24) is 19.6 Å². The quantitative estimate of drug-likeness (QED) is 0.723. The lowest BCUT2D eigenvalue weighted by molar-refractivity contribution is 0.671. The summed E-state index contributed by atoms with van der Waals surface area (Å²) in [7, 11) is 0. The van der Waals surface area contributed by atoms with E-state index < -0.39 is 0 Å². The summed E-state index contributed by atoms with van der Waals surface area (Å²) >= 11 is 1.75. The van der Waals surface area contributed by atoms with E-state index in [-0.39, 0.29) is 0 Å². The highest BCUT2D eigenvalue weighted by Gasteiger charge is 2.22. The van der Waals surface area contributed by atoms with Crippen molar-refractivity contribution in [3.8, 4) is 0 Å². The average Bonchev–Trinajstić information content (AvgIpc) is 2.90. The van der Waals surface area contributed by atoms with Gasteiger partial charge in [0, 0.05) is 17.6 Å². The third-order valence-electron chi connectivity index (χ3n) is 3.66. The molecule has 2 heterocycles. The van der Waals surface area contributed by atoms with E-state index in [1.807, 2.05) is 12.3 Å². The maximum absolute atomic E-state index is 4.49. The van der Waals surface area contributed by atoms with E-state index in [0.29, 0.717) is 11.0 Å². The summed E-state index contributed by atoms with van der Waals surface area (Å²) in [5.74, 6) is 0.666. The van der Waals surface area contributed by atoms with Gasteiger partial charge in [0.15, 0.2) is 0 Å². The molecule has 1 aliphatic rings. The fourth-order valence-electron chi connectivity index (χ4n) is 2.72. The molecule has 0 saturated carbocycles. The van der Waals surface area contributed by atoms with E-state index in [1.54, 1.807) is 22.5 Å². The average molecular weight is 282 g/mol. The van der Waals surface area contributed by atoms with E-state index in [1.165, 1.54) is 30.4 Å². The van der Waals surface area contributed by atoms with Crippen molar-refractivity contribution in [3.63, 3.8) is 0 Å². The summed E-state index contributed by atoms with van der Waals surface area (Å²) in [6.07, 6.45) is 7.24. The molecule has 1 aliphatic carbocycles. The van der Waals surface area contributed by atoms with Crippen LogP contribution in [0.15, 0.2) is 47.9 Å². The molecule has 0 fully saturated rings. The Morgan fingerprint density at radius 1 is 1.20 bits per heavy atom. The van der Waals surface area contributed by atoms with Gasteiger partial charge in [-0.3, -0.25) is 0 Å². The molecule has 0 radical (unpaired) electrons. The molecule has 4 rings (SSSR count). The molecule has 1 atom stereocenters. The molecule has 20 heavy (non-hydrogen) atoms. The lowest BCUT2D eigenvalue weighted by Crippen LogP contribution is -2.06. The van der Waals surface area contributed by atoms with Crippen LogP contribution in [-0.4, -0.2) is 19.6 Å². The van der Waals surface area contributed by atoms with Crippen LogP contribution in [0, 0.1) is 0 Å². The molecule has 100 valence electrons. The SMILES string of the molecule is c1ccc2c(c1)CCC[C@H]2Sc1nc2ncccn2n1. The standard InChI is InChI=1S/C15H14N4S/c1-2-7-12-11(5-1)6-3-8-13(12)20-15-17-14-16-9-4-10-19(14)18-15/h1-2,4-5,7,9-10,13H,3,6,8H2/t13-/m1/s1. The second kappa shape index (κ2) is 4.90. The second-order valence-corrected chi connectivity index (χ2v) is 6.13. The Labute approximate surface area is 121 Å². The van der Waals surface area contributed by atoms with Gasteiger partial charge in [-0.25, -0.2) is 9.50 Å². The van der Waals surface area contributed by atoms with Gasteiger partial charge in [-0.05, 0) is 36.5 Å². The number of benzene rings is 1. The van der Waals surface area contributed by atoms with Gasteiger partial charge in [-0.1, -0.05) is 36.0 Å². The lowest BCUT2D eigenvalue weighted by atomic mass is 9.91.